The van der Waals surface area contributed by atoms with Crippen LogP contribution in [0, 0.1) is 0 Å². The predicted octanol–water partition coefficient (Wildman–Crippen LogP) is 4.08. The summed E-state index contributed by atoms with van der Waals surface area (Å²) in [7, 11) is -4.27. The smallest absolute Gasteiger partial charge is 0.263 e. The normalized spacial score (nSPS) is 19.1. The fourth-order valence-electron chi connectivity index (χ4n) is 2.39. The molecule has 2 rings (SSSR count). The molecule has 0 saturated heterocycles. The van der Waals surface area contributed by atoms with Crippen LogP contribution in [0.4, 0.5) is 17.6 Å². The molecule has 1 aliphatic rings. The van der Waals surface area contributed by atoms with E-state index in [0.717, 1.165) is 18.6 Å². The van der Waals surface area contributed by atoms with Gasteiger partial charge in [0.2, 0.25) is 0 Å². The van der Waals surface area contributed by atoms with E-state index in [9.17, 15) is 26.0 Å². The maximum absolute atomic E-state index is 14.3. The maximum Gasteiger partial charge on any atom is 0.416 e. The van der Waals surface area contributed by atoms with Crippen LogP contribution in [0.25, 0.3) is 0 Å². The summed E-state index contributed by atoms with van der Waals surface area (Å²) in [5.41, 5.74) is -2.64. The minimum Gasteiger partial charge on any atom is -0.263 e. The first-order chi connectivity index (χ1) is 10.1. The largest absolute Gasteiger partial charge is 0.416 e. The van der Waals surface area contributed by atoms with Crippen LogP contribution in [0.5, 0.6) is 0 Å². The van der Waals surface area contributed by atoms with Crippen molar-refractivity contribution in [1.29, 1.82) is 0 Å². The van der Waals surface area contributed by atoms with Gasteiger partial charge in [-0.15, -0.1) is 0 Å². The average molecular weight is 340 g/mol. The van der Waals surface area contributed by atoms with Crippen LogP contribution >= 0.6 is 0 Å². The summed E-state index contributed by atoms with van der Waals surface area (Å²) in [6.07, 6.45) is -1.85. The lowest BCUT2D eigenvalue weighted by atomic mass is 9.87. The Morgan fingerprint density at radius 2 is 1.59 bits per heavy atom. The highest BCUT2D eigenvalue weighted by molar-refractivity contribution is 7.86. The quantitative estimate of drug-likeness (QED) is 0.613. The van der Waals surface area contributed by atoms with Gasteiger partial charge in [-0.1, -0.05) is 19.3 Å². The highest BCUT2D eigenvalue weighted by Gasteiger charge is 2.35. The SMILES string of the molecule is O=S(=O)(OCC1(F)CCCCC1)c1ccc(C(F)(F)F)cc1. The van der Waals surface area contributed by atoms with E-state index < -0.39 is 39.0 Å². The first-order valence-corrected chi connectivity index (χ1v) is 8.29. The summed E-state index contributed by atoms with van der Waals surface area (Å²) in [4.78, 5) is -0.417. The van der Waals surface area contributed by atoms with Crippen LogP contribution in [0.3, 0.4) is 0 Å². The molecule has 0 spiro atoms. The van der Waals surface area contributed by atoms with Gasteiger partial charge in [-0.05, 0) is 37.1 Å². The second-order valence-electron chi connectivity index (χ2n) is 5.45. The van der Waals surface area contributed by atoms with Crippen molar-refractivity contribution in [2.24, 2.45) is 0 Å². The lowest BCUT2D eigenvalue weighted by Gasteiger charge is -2.28. The van der Waals surface area contributed by atoms with E-state index in [2.05, 4.69) is 0 Å². The Morgan fingerprint density at radius 3 is 2.09 bits per heavy atom. The first kappa shape index (κ1) is 17.2. The first-order valence-electron chi connectivity index (χ1n) is 6.88. The molecule has 0 aliphatic heterocycles. The molecule has 0 unspecified atom stereocenters. The van der Waals surface area contributed by atoms with Gasteiger partial charge < -0.3 is 0 Å². The van der Waals surface area contributed by atoms with Crippen molar-refractivity contribution >= 4 is 10.1 Å². The van der Waals surface area contributed by atoms with Crippen LogP contribution in [-0.2, 0) is 20.5 Å². The van der Waals surface area contributed by atoms with Crippen LogP contribution in [-0.4, -0.2) is 20.7 Å². The fourth-order valence-corrected chi connectivity index (χ4v) is 3.36. The van der Waals surface area contributed by atoms with Gasteiger partial charge in [0.25, 0.3) is 10.1 Å². The van der Waals surface area contributed by atoms with Crippen molar-refractivity contribution in [3.63, 3.8) is 0 Å². The second-order valence-corrected chi connectivity index (χ2v) is 7.07. The lowest BCUT2D eigenvalue weighted by Crippen LogP contribution is -2.33. The van der Waals surface area contributed by atoms with Gasteiger partial charge in [0.15, 0.2) is 0 Å². The van der Waals surface area contributed by atoms with Crippen LogP contribution in [0.2, 0.25) is 0 Å². The predicted molar refractivity (Wildman–Crippen MR) is 71.5 cm³/mol. The molecule has 0 atom stereocenters. The van der Waals surface area contributed by atoms with E-state index >= 15 is 0 Å². The van der Waals surface area contributed by atoms with E-state index in [-0.39, 0.29) is 12.8 Å². The van der Waals surface area contributed by atoms with Crippen LogP contribution in [0.15, 0.2) is 29.2 Å². The summed E-state index contributed by atoms with van der Waals surface area (Å²) in [6, 6.07) is 2.93. The van der Waals surface area contributed by atoms with Gasteiger partial charge in [-0.2, -0.15) is 21.6 Å². The fraction of sp³-hybridized carbons (Fsp3) is 0.571. The molecule has 1 saturated carbocycles. The Hall–Kier alpha value is -1.15. The maximum atomic E-state index is 14.3. The van der Waals surface area contributed by atoms with Crippen molar-refractivity contribution in [2.75, 3.05) is 6.61 Å². The zero-order valence-electron chi connectivity index (χ0n) is 11.7. The van der Waals surface area contributed by atoms with E-state index in [4.69, 9.17) is 4.18 Å². The minimum absolute atomic E-state index is 0.232. The van der Waals surface area contributed by atoms with E-state index in [1.54, 1.807) is 0 Å². The number of rotatable bonds is 4. The van der Waals surface area contributed by atoms with E-state index in [1.165, 1.54) is 0 Å². The standard InChI is InChI=1S/C14H16F4O3S/c15-13(8-2-1-3-9-13)10-21-22(19,20)12-6-4-11(5-7-12)14(16,17)18/h4-7H,1-3,8-10H2. The lowest BCUT2D eigenvalue weighted by molar-refractivity contribution is -0.137. The highest BCUT2D eigenvalue weighted by Crippen LogP contribution is 2.33. The Labute approximate surface area is 126 Å². The van der Waals surface area contributed by atoms with Crippen LogP contribution in [0.1, 0.15) is 37.7 Å². The highest BCUT2D eigenvalue weighted by atomic mass is 32.2. The van der Waals surface area contributed by atoms with Crippen molar-refractivity contribution in [3.05, 3.63) is 29.8 Å². The molecular formula is C14H16F4O3S. The van der Waals surface area contributed by atoms with Gasteiger partial charge in [0, 0.05) is 0 Å². The minimum atomic E-state index is -4.55. The third kappa shape index (κ3) is 4.19. The molecule has 0 heterocycles. The molecule has 124 valence electrons. The molecule has 0 N–H and O–H groups in total. The summed E-state index contributed by atoms with van der Waals surface area (Å²) in [5, 5.41) is 0. The van der Waals surface area contributed by atoms with Gasteiger partial charge >= 0.3 is 6.18 Å². The Bertz CT molecular complexity index is 602. The monoisotopic (exact) mass is 340 g/mol. The Morgan fingerprint density at radius 1 is 1.05 bits per heavy atom. The third-order valence-electron chi connectivity index (χ3n) is 3.69. The molecule has 0 radical (unpaired) electrons. The molecule has 0 bridgehead atoms. The summed E-state index contributed by atoms with van der Waals surface area (Å²) in [6.45, 7) is -0.601. The zero-order valence-corrected chi connectivity index (χ0v) is 12.5. The molecule has 1 aromatic rings. The summed E-state index contributed by atoms with van der Waals surface area (Å²) in [5.74, 6) is 0. The number of benzene rings is 1. The van der Waals surface area contributed by atoms with Gasteiger partial charge in [0.05, 0.1) is 10.5 Å². The molecule has 0 amide bonds. The van der Waals surface area contributed by atoms with Gasteiger partial charge in [0.1, 0.15) is 12.3 Å². The number of halogens is 4. The number of hydrogen-bond donors (Lipinski definition) is 0. The summed E-state index contributed by atoms with van der Waals surface area (Å²) < 4.78 is 80.1. The van der Waals surface area contributed by atoms with E-state index in [1.807, 2.05) is 0 Å². The number of alkyl halides is 4. The zero-order chi connectivity index (χ0) is 16.4. The Kier molecular flexibility index (Phi) is 4.81. The summed E-state index contributed by atoms with van der Waals surface area (Å²) >= 11 is 0. The number of hydrogen-bond acceptors (Lipinski definition) is 3. The topological polar surface area (TPSA) is 43.4 Å². The van der Waals surface area contributed by atoms with Crippen molar-refractivity contribution in [3.8, 4) is 0 Å². The second kappa shape index (κ2) is 6.16. The van der Waals surface area contributed by atoms with Crippen molar-refractivity contribution < 1.29 is 30.2 Å². The Balaban J connectivity index is 2.07. The molecule has 8 heteroatoms. The molecule has 1 fully saturated rings. The third-order valence-corrected chi connectivity index (χ3v) is 4.97. The van der Waals surface area contributed by atoms with Gasteiger partial charge in [-0.3, -0.25) is 4.18 Å². The molecule has 1 aromatic carbocycles. The molecule has 3 nitrogen and oxygen atoms in total. The van der Waals surface area contributed by atoms with Crippen molar-refractivity contribution in [1.82, 2.24) is 0 Å². The van der Waals surface area contributed by atoms with E-state index in [0.29, 0.717) is 25.0 Å². The average Bonchev–Trinajstić information content (AvgIpc) is 2.46. The van der Waals surface area contributed by atoms with Crippen LogP contribution < -0.4 is 0 Å². The molecular weight excluding hydrogens is 324 g/mol. The molecule has 1 aliphatic carbocycles. The molecule has 0 aromatic heterocycles. The van der Waals surface area contributed by atoms with Crippen molar-refractivity contribution in [2.45, 2.75) is 48.8 Å². The van der Waals surface area contributed by atoms with Gasteiger partial charge in [-0.25, -0.2) is 4.39 Å². The molecule has 22 heavy (non-hydrogen) atoms.